The number of anilines is 1. The highest BCUT2D eigenvalue weighted by molar-refractivity contribution is 6.31. The van der Waals surface area contributed by atoms with Crippen LogP contribution in [0.4, 0.5) is 5.69 Å². The highest BCUT2D eigenvalue weighted by Crippen LogP contribution is 2.19. The van der Waals surface area contributed by atoms with Crippen molar-refractivity contribution in [1.82, 2.24) is 10.3 Å². The molecule has 0 fully saturated rings. The summed E-state index contributed by atoms with van der Waals surface area (Å²) in [7, 11) is 0. The van der Waals surface area contributed by atoms with Gasteiger partial charge in [-0.1, -0.05) is 17.7 Å². The molecule has 1 heterocycles. The van der Waals surface area contributed by atoms with Gasteiger partial charge in [0, 0.05) is 16.9 Å². The second-order valence-corrected chi connectivity index (χ2v) is 4.62. The number of carbonyl (C=O) groups is 1. The maximum absolute atomic E-state index is 12.1. The first-order valence-corrected chi connectivity index (χ1v) is 6.22. The maximum atomic E-state index is 12.1. The molecule has 1 unspecified atom stereocenters. The molecule has 3 N–H and O–H groups in total. The van der Waals surface area contributed by atoms with Gasteiger partial charge in [0.1, 0.15) is 0 Å². The number of halogens is 1. The molecule has 0 spiro atoms. The molecule has 1 aromatic heterocycles. The van der Waals surface area contributed by atoms with E-state index in [0.29, 0.717) is 16.3 Å². The van der Waals surface area contributed by atoms with Crippen LogP contribution in [0.3, 0.4) is 0 Å². The SMILES string of the molecule is CC(NC(=O)c1ccc(Cl)cc1N)c1ccccn1. The van der Waals surface area contributed by atoms with Crippen LogP contribution in [0, 0.1) is 0 Å². The van der Waals surface area contributed by atoms with Crippen LogP contribution in [-0.4, -0.2) is 10.9 Å². The van der Waals surface area contributed by atoms with E-state index in [0.717, 1.165) is 5.69 Å². The molecule has 2 aromatic rings. The van der Waals surface area contributed by atoms with Gasteiger partial charge < -0.3 is 11.1 Å². The van der Waals surface area contributed by atoms with Crippen LogP contribution >= 0.6 is 11.6 Å². The first-order valence-electron chi connectivity index (χ1n) is 5.84. The van der Waals surface area contributed by atoms with E-state index in [2.05, 4.69) is 10.3 Å². The van der Waals surface area contributed by atoms with Crippen LogP contribution < -0.4 is 11.1 Å². The normalized spacial score (nSPS) is 11.9. The fourth-order valence-electron chi connectivity index (χ4n) is 1.72. The number of aromatic nitrogens is 1. The summed E-state index contributed by atoms with van der Waals surface area (Å²) in [5.41, 5.74) is 7.34. The fourth-order valence-corrected chi connectivity index (χ4v) is 1.90. The summed E-state index contributed by atoms with van der Waals surface area (Å²) in [6.45, 7) is 1.87. The van der Waals surface area contributed by atoms with E-state index in [1.54, 1.807) is 24.4 Å². The van der Waals surface area contributed by atoms with Gasteiger partial charge >= 0.3 is 0 Å². The van der Waals surface area contributed by atoms with Crippen LogP contribution in [0.25, 0.3) is 0 Å². The van der Waals surface area contributed by atoms with E-state index in [1.807, 2.05) is 25.1 Å². The zero-order valence-corrected chi connectivity index (χ0v) is 11.2. The van der Waals surface area contributed by atoms with Gasteiger partial charge in [0.05, 0.1) is 17.3 Å². The smallest absolute Gasteiger partial charge is 0.253 e. The highest BCUT2D eigenvalue weighted by atomic mass is 35.5. The molecule has 0 aliphatic heterocycles. The van der Waals surface area contributed by atoms with Gasteiger partial charge in [-0.25, -0.2) is 0 Å². The first kappa shape index (κ1) is 13.4. The topological polar surface area (TPSA) is 68.0 Å². The van der Waals surface area contributed by atoms with Crippen molar-refractivity contribution in [3.63, 3.8) is 0 Å². The van der Waals surface area contributed by atoms with Crippen molar-refractivity contribution in [2.45, 2.75) is 13.0 Å². The number of rotatable bonds is 3. The standard InChI is InChI=1S/C14H14ClN3O/c1-9(13-4-2-3-7-17-13)18-14(19)11-6-5-10(15)8-12(11)16/h2-9H,16H2,1H3,(H,18,19). The maximum Gasteiger partial charge on any atom is 0.253 e. The molecule has 0 saturated carbocycles. The van der Waals surface area contributed by atoms with E-state index < -0.39 is 0 Å². The summed E-state index contributed by atoms with van der Waals surface area (Å²) >= 11 is 5.80. The lowest BCUT2D eigenvalue weighted by molar-refractivity contribution is 0.0940. The Balaban J connectivity index is 2.13. The minimum atomic E-state index is -0.243. The lowest BCUT2D eigenvalue weighted by Gasteiger charge is -2.14. The Morgan fingerprint density at radius 2 is 2.16 bits per heavy atom. The molecule has 0 aliphatic carbocycles. The zero-order valence-electron chi connectivity index (χ0n) is 10.4. The molecule has 4 nitrogen and oxygen atoms in total. The third-order valence-corrected chi connectivity index (χ3v) is 2.97. The monoisotopic (exact) mass is 275 g/mol. The van der Waals surface area contributed by atoms with Crippen molar-refractivity contribution in [3.8, 4) is 0 Å². The number of nitrogens with zero attached hydrogens (tertiary/aromatic N) is 1. The van der Waals surface area contributed by atoms with Crippen LogP contribution in [0.5, 0.6) is 0 Å². The molecule has 1 atom stereocenters. The minimum Gasteiger partial charge on any atom is -0.398 e. The molecule has 1 amide bonds. The van der Waals surface area contributed by atoms with Crippen LogP contribution in [0.1, 0.15) is 29.0 Å². The molecule has 98 valence electrons. The van der Waals surface area contributed by atoms with Crippen molar-refractivity contribution >= 4 is 23.2 Å². The number of pyridine rings is 1. The molecule has 0 aliphatic rings. The Labute approximate surface area is 116 Å². The van der Waals surface area contributed by atoms with Crippen molar-refractivity contribution in [2.24, 2.45) is 0 Å². The summed E-state index contributed by atoms with van der Waals surface area (Å²) in [6.07, 6.45) is 1.69. The summed E-state index contributed by atoms with van der Waals surface area (Å²) in [6, 6.07) is 10.2. The predicted molar refractivity (Wildman–Crippen MR) is 76.0 cm³/mol. The number of nitrogens with one attached hydrogen (secondary N) is 1. The number of hydrogen-bond acceptors (Lipinski definition) is 3. The summed E-state index contributed by atoms with van der Waals surface area (Å²) < 4.78 is 0. The highest BCUT2D eigenvalue weighted by Gasteiger charge is 2.14. The van der Waals surface area contributed by atoms with Gasteiger partial charge in [-0.15, -0.1) is 0 Å². The molecule has 5 heteroatoms. The molecular formula is C14H14ClN3O. The number of amides is 1. The van der Waals surface area contributed by atoms with Gasteiger partial charge in [-0.3, -0.25) is 9.78 Å². The van der Waals surface area contributed by atoms with Crippen molar-refractivity contribution in [3.05, 3.63) is 58.9 Å². The average Bonchev–Trinajstić information content (AvgIpc) is 2.39. The third-order valence-electron chi connectivity index (χ3n) is 2.74. The van der Waals surface area contributed by atoms with E-state index in [4.69, 9.17) is 17.3 Å². The van der Waals surface area contributed by atoms with Crippen LogP contribution in [0.15, 0.2) is 42.6 Å². The second kappa shape index (κ2) is 5.71. The van der Waals surface area contributed by atoms with E-state index >= 15 is 0 Å². The molecule has 1 aromatic carbocycles. The number of nitrogens with two attached hydrogens (primary N) is 1. The number of benzene rings is 1. The van der Waals surface area contributed by atoms with E-state index in [-0.39, 0.29) is 11.9 Å². The van der Waals surface area contributed by atoms with Gasteiger partial charge in [-0.05, 0) is 37.3 Å². The Morgan fingerprint density at radius 1 is 1.37 bits per heavy atom. The number of hydrogen-bond donors (Lipinski definition) is 2. The average molecular weight is 276 g/mol. The lowest BCUT2D eigenvalue weighted by Crippen LogP contribution is -2.27. The first-order chi connectivity index (χ1) is 9.08. The third kappa shape index (κ3) is 3.23. The minimum absolute atomic E-state index is 0.191. The zero-order chi connectivity index (χ0) is 13.8. The van der Waals surface area contributed by atoms with Crippen molar-refractivity contribution in [2.75, 3.05) is 5.73 Å². The number of nitrogen functional groups attached to an aromatic ring is 1. The van der Waals surface area contributed by atoms with Crippen molar-refractivity contribution in [1.29, 1.82) is 0 Å². The summed E-state index contributed by atoms with van der Waals surface area (Å²) in [5.74, 6) is -0.243. The van der Waals surface area contributed by atoms with Crippen LogP contribution in [0.2, 0.25) is 5.02 Å². The molecule has 2 rings (SSSR count). The van der Waals surface area contributed by atoms with Gasteiger partial charge in [-0.2, -0.15) is 0 Å². The van der Waals surface area contributed by atoms with Gasteiger partial charge in [0.15, 0.2) is 0 Å². The molecule has 0 bridgehead atoms. The molecule has 0 saturated heterocycles. The predicted octanol–water partition coefficient (Wildman–Crippen LogP) is 2.81. The number of carbonyl (C=O) groups excluding carboxylic acids is 1. The lowest BCUT2D eigenvalue weighted by atomic mass is 10.1. The van der Waals surface area contributed by atoms with Crippen LogP contribution in [-0.2, 0) is 0 Å². The Bertz CT molecular complexity index is 586. The van der Waals surface area contributed by atoms with Crippen molar-refractivity contribution < 1.29 is 4.79 Å². The fraction of sp³-hybridized carbons (Fsp3) is 0.143. The van der Waals surface area contributed by atoms with E-state index in [9.17, 15) is 4.79 Å². The van der Waals surface area contributed by atoms with Gasteiger partial charge in [0.25, 0.3) is 5.91 Å². The Morgan fingerprint density at radius 3 is 2.79 bits per heavy atom. The molecule has 19 heavy (non-hydrogen) atoms. The van der Waals surface area contributed by atoms with Gasteiger partial charge in [0.2, 0.25) is 0 Å². The largest absolute Gasteiger partial charge is 0.398 e. The Kier molecular flexibility index (Phi) is 4.02. The summed E-state index contributed by atoms with van der Waals surface area (Å²) in [5, 5.41) is 3.35. The quantitative estimate of drug-likeness (QED) is 0.847. The van der Waals surface area contributed by atoms with E-state index in [1.165, 1.54) is 0 Å². The summed E-state index contributed by atoms with van der Waals surface area (Å²) in [4.78, 5) is 16.3. The Hall–Kier alpha value is -2.07. The molecular weight excluding hydrogens is 262 g/mol. The molecule has 0 radical (unpaired) electrons. The second-order valence-electron chi connectivity index (χ2n) is 4.18.